The summed E-state index contributed by atoms with van der Waals surface area (Å²) in [6.07, 6.45) is 0.519. The van der Waals surface area contributed by atoms with Gasteiger partial charge in [0.15, 0.2) is 3.79 Å². The molecule has 0 aliphatic carbocycles. The molecule has 0 bridgehead atoms. The van der Waals surface area contributed by atoms with Crippen LogP contribution >= 0.6 is 22.6 Å². The number of fused-ring (bicyclic) bond motifs is 1. The first-order valence-electron chi connectivity index (χ1n) is 4.42. The lowest BCUT2D eigenvalue weighted by Crippen LogP contribution is -1.91. The third-order valence-corrected chi connectivity index (χ3v) is 2.54. The van der Waals surface area contributed by atoms with Crippen LogP contribution in [-0.2, 0) is 11.2 Å². The summed E-state index contributed by atoms with van der Waals surface area (Å²) in [5.74, 6) is 0. The Morgan fingerprint density at radius 2 is 1.79 bits per heavy atom. The number of carbonyl (C=O) groups is 1. The van der Waals surface area contributed by atoms with E-state index in [9.17, 15) is 4.79 Å². The van der Waals surface area contributed by atoms with E-state index in [0.717, 1.165) is 5.56 Å². The van der Waals surface area contributed by atoms with Crippen molar-refractivity contribution in [1.29, 1.82) is 0 Å². The van der Waals surface area contributed by atoms with Crippen LogP contribution < -0.4 is 0 Å². The van der Waals surface area contributed by atoms with E-state index in [1.807, 2.05) is 40.8 Å². The minimum absolute atomic E-state index is 0.179. The zero-order valence-electron chi connectivity index (χ0n) is 7.53. The van der Waals surface area contributed by atoms with Crippen molar-refractivity contribution in [1.82, 2.24) is 0 Å². The van der Waals surface area contributed by atoms with E-state index in [2.05, 4.69) is 24.3 Å². The van der Waals surface area contributed by atoms with Crippen LogP contribution in [0.5, 0.6) is 0 Å². The van der Waals surface area contributed by atoms with Crippen LogP contribution in [-0.4, -0.2) is 3.79 Å². The Bertz CT molecular complexity index is 476. The smallest absolute Gasteiger partial charge is 0.196 e. The van der Waals surface area contributed by atoms with Crippen molar-refractivity contribution in [2.75, 3.05) is 0 Å². The van der Waals surface area contributed by atoms with Crippen molar-refractivity contribution in [2.45, 2.75) is 6.42 Å². The molecule has 14 heavy (non-hydrogen) atoms. The van der Waals surface area contributed by atoms with Gasteiger partial charge in [-0.3, -0.25) is 4.79 Å². The van der Waals surface area contributed by atoms with Crippen molar-refractivity contribution >= 4 is 37.2 Å². The fourth-order valence-corrected chi connectivity index (χ4v) is 1.95. The van der Waals surface area contributed by atoms with Gasteiger partial charge in [-0.05, 0) is 38.9 Å². The molecule has 0 saturated heterocycles. The molecular formula is C12H9IO. The van der Waals surface area contributed by atoms with Crippen LogP contribution in [0.3, 0.4) is 0 Å². The van der Waals surface area contributed by atoms with Crippen LogP contribution in [0.2, 0.25) is 0 Å². The fourth-order valence-electron chi connectivity index (χ4n) is 1.51. The molecule has 0 fully saturated rings. The van der Waals surface area contributed by atoms with Crippen molar-refractivity contribution < 1.29 is 4.79 Å². The minimum Gasteiger partial charge on any atom is -0.287 e. The second-order valence-electron chi connectivity index (χ2n) is 3.21. The number of rotatable bonds is 2. The molecule has 0 amide bonds. The third-order valence-electron chi connectivity index (χ3n) is 2.16. The van der Waals surface area contributed by atoms with E-state index in [-0.39, 0.29) is 3.79 Å². The highest BCUT2D eigenvalue weighted by Crippen LogP contribution is 2.16. The lowest BCUT2D eigenvalue weighted by molar-refractivity contribution is -0.108. The van der Waals surface area contributed by atoms with E-state index in [1.54, 1.807) is 0 Å². The summed E-state index contributed by atoms with van der Waals surface area (Å²) in [4.78, 5) is 10.9. The number of benzene rings is 2. The molecule has 0 atom stereocenters. The lowest BCUT2D eigenvalue weighted by atomic mass is 10.1. The van der Waals surface area contributed by atoms with Gasteiger partial charge < -0.3 is 0 Å². The van der Waals surface area contributed by atoms with Gasteiger partial charge in [0.25, 0.3) is 0 Å². The Kier molecular flexibility index (Phi) is 2.82. The normalized spacial score (nSPS) is 10.4. The molecule has 2 rings (SSSR count). The van der Waals surface area contributed by atoms with E-state index in [4.69, 9.17) is 0 Å². The maximum absolute atomic E-state index is 10.9. The molecular weight excluding hydrogens is 287 g/mol. The van der Waals surface area contributed by atoms with Gasteiger partial charge in [-0.25, -0.2) is 0 Å². The average Bonchev–Trinajstić information content (AvgIpc) is 2.17. The van der Waals surface area contributed by atoms with Crippen molar-refractivity contribution in [3.05, 3.63) is 48.0 Å². The zero-order valence-corrected chi connectivity index (χ0v) is 9.69. The predicted molar refractivity (Wildman–Crippen MR) is 66.7 cm³/mol. The van der Waals surface area contributed by atoms with Gasteiger partial charge in [0, 0.05) is 6.42 Å². The molecule has 0 N–H and O–H groups in total. The maximum Gasteiger partial charge on any atom is 0.196 e. The summed E-state index contributed by atoms with van der Waals surface area (Å²) >= 11 is 1.83. The van der Waals surface area contributed by atoms with E-state index in [0.29, 0.717) is 6.42 Å². The fraction of sp³-hybridized carbons (Fsp3) is 0.0833. The molecule has 70 valence electrons. The van der Waals surface area contributed by atoms with E-state index < -0.39 is 0 Å². The summed E-state index contributed by atoms with van der Waals surface area (Å²) in [6, 6.07) is 14.3. The summed E-state index contributed by atoms with van der Waals surface area (Å²) in [5, 5.41) is 2.42. The monoisotopic (exact) mass is 296 g/mol. The molecule has 2 heteroatoms. The van der Waals surface area contributed by atoms with Gasteiger partial charge >= 0.3 is 0 Å². The molecule has 0 aliphatic heterocycles. The lowest BCUT2D eigenvalue weighted by Gasteiger charge is -2.00. The Balaban J connectivity index is 2.46. The Labute approximate surface area is 96.3 Å². The highest BCUT2D eigenvalue weighted by atomic mass is 127. The molecule has 0 spiro atoms. The second kappa shape index (κ2) is 4.09. The van der Waals surface area contributed by atoms with Crippen LogP contribution in [0.25, 0.3) is 10.8 Å². The van der Waals surface area contributed by atoms with Crippen LogP contribution in [0.4, 0.5) is 0 Å². The number of carbonyl (C=O) groups excluding carboxylic acids is 1. The summed E-state index contributed by atoms with van der Waals surface area (Å²) in [7, 11) is 0. The molecule has 0 heterocycles. The van der Waals surface area contributed by atoms with Gasteiger partial charge in [0.2, 0.25) is 0 Å². The number of hydrogen-bond acceptors (Lipinski definition) is 1. The van der Waals surface area contributed by atoms with E-state index >= 15 is 0 Å². The summed E-state index contributed by atoms with van der Waals surface area (Å²) in [6.45, 7) is 0. The largest absolute Gasteiger partial charge is 0.287 e. The molecule has 0 aliphatic rings. The van der Waals surface area contributed by atoms with Gasteiger partial charge in [0.1, 0.15) is 0 Å². The quantitative estimate of drug-likeness (QED) is 0.613. The Morgan fingerprint density at radius 3 is 2.50 bits per heavy atom. The molecule has 2 aromatic rings. The van der Waals surface area contributed by atoms with Gasteiger partial charge in [-0.2, -0.15) is 0 Å². The first-order chi connectivity index (χ1) is 6.75. The molecule has 0 saturated carbocycles. The SMILES string of the molecule is O=C(I)Cc1ccc2ccccc2c1. The third kappa shape index (κ3) is 2.12. The first-order valence-corrected chi connectivity index (χ1v) is 5.49. The molecule has 0 aromatic heterocycles. The standard InChI is InChI=1S/C12H9IO/c13-12(14)8-9-5-6-10-3-1-2-4-11(10)7-9/h1-7H,8H2. The maximum atomic E-state index is 10.9. The Morgan fingerprint density at radius 1 is 1.07 bits per heavy atom. The molecule has 0 radical (unpaired) electrons. The highest BCUT2D eigenvalue weighted by Gasteiger charge is 1.99. The van der Waals surface area contributed by atoms with Crippen molar-refractivity contribution in [3.63, 3.8) is 0 Å². The highest BCUT2D eigenvalue weighted by molar-refractivity contribution is 14.1. The van der Waals surface area contributed by atoms with Gasteiger partial charge in [-0.15, -0.1) is 0 Å². The molecule has 2 aromatic carbocycles. The number of hydrogen-bond donors (Lipinski definition) is 0. The zero-order chi connectivity index (χ0) is 9.97. The Hall–Kier alpha value is -0.900. The van der Waals surface area contributed by atoms with Crippen LogP contribution in [0, 0.1) is 0 Å². The van der Waals surface area contributed by atoms with Gasteiger partial charge in [0.05, 0.1) is 0 Å². The topological polar surface area (TPSA) is 17.1 Å². The van der Waals surface area contributed by atoms with Gasteiger partial charge in [-0.1, -0.05) is 42.5 Å². The predicted octanol–water partition coefficient (Wildman–Crippen LogP) is 3.34. The molecule has 1 nitrogen and oxygen atoms in total. The summed E-state index contributed by atoms with van der Waals surface area (Å²) in [5.41, 5.74) is 1.09. The minimum atomic E-state index is 0.179. The van der Waals surface area contributed by atoms with Crippen LogP contribution in [0.15, 0.2) is 42.5 Å². The average molecular weight is 296 g/mol. The first kappa shape index (κ1) is 9.65. The molecule has 0 unspecified atom stereocenters. The van der Waals surface area contributed by atoms with E-state index in [1.165, 1.54) is 10.8 Å². The number of halogens is 1. The second-order valence-corrected chi connectivity index (χ2v) is 4.42. The van der Waals surface area contributed by atoms with Crippen LogP contribution in [0.1, 0.15) is 5.56 Å². The van der Waals surface area contributed by atoms with Crippen molar-refractivity contribution in [2.24, 2.45) is 0 Å². The van der Waals surface area contributed by atoms with Crippen molar-refractivity contribution in [3.8, 4) is 0 Å². The summed E-state index contributed by atoms with van der Waals surface area (Å²) < 4.78 is 0.179.